The maximum atomic E-state index is 5.65. The molecule has 0 aliphatic rings. The molecule has 0 fully saturated rings. The number of nitrogens with zero attached hydrogens (tertiary/aromatic N) is 4. The lowest BCUT2D eigenvalue weighted by molar-refractivity contribution is 0.0762. The first-order valence-corrected chi connectivity index (χ1v) is 10.6. The van der Waals surface area contributed by atoms with Gasteiger partial charge in [0.15, 0.2) is 10.6 Å². The minimum absolute atomic E-state index is 0.464. The molecule has 0 aliphatic carbocycles. The van der Waals surface area contributed by atoms with Crippen LogP contribution in [0.4, 0.5) is 0 Å². The smallest absolute Gasteiger partial charge is 0.197 e. The van der Waals surface area contributed by atoms with Gasteiger partial charge in [-0.1, -0.05) is 19.6 Å². The van der Waals surface area contributed by atoms with Crippen molar-refractivity contribution in [2.45, 2.75) is 39.0 Å². The van der Waals surface area contributed by atoms with Gasteiger partial charge in [0.1, 0.15) is 6.73 Å². The highest BCUT2D eigenvalue weighted by molar-refractivity contribution is 9.10. The van der Waals surface area contributed by atoms with Crippen LogP contribution in [0, 0.1) is 0 Å². The van der Waals surface area contributed by atoms with Crippen molar-refractivity contribution in [3.63, 3.8) is 0 Å². The van der Waals surface area contributed by atoms with E-state index in [2.05, 4.69) is 45.7 Å². The molecule has 0 saturated carbocycles. The first-order chi connectivity index (χ1) is 8.28. The summed E-state index contributed by atoms with van der Waals surface area (Å²) in [6.07, 6.45) is 0. The second-order valence-electron chi connectivity index (χ2n) is 5.88. The second kappa shape index (κ2) is 6.79. The molecule has 0 atom stereocenters. The van der Waals surface area contributed by atoms with Gasteiger partial charge in [-0.2, -0.15) is 5.10 Å². The summed E-state index contributed by atoms with van der Waals surface area (Å²) in [5, 5.41) is 4.39. The Hall–Kier alpha value is -0.243. The number of halogens is 1. The van der Waals surface area contributed by atoms with Crippen LogP contribution in [0.3, 0.4) is 0 Å². The van der Waals surface area contributed by atoms with Crippen LogP contribution in [0.15, 0.2) is 4.73 Å². The molecule has 0 N–H and O–H groups in total. The molecule has 0 radical (unpaired) electrons. The maximum Gasteiger partial charge on any atom is 0.197 e. The second-order valence-corrected chi connectivity index (χ2v) is 12.2. The molecule has 1 heterocycles. The van der Waals surface area contributed by atoms with Crippen molar-refractivity contribution in [3.05, 3.63) is 10.6 Å². The van der Waals surface area contributed by atoms with Gasteiger partial charge in [-0.3, -0.25) is 0 Å². The summed E-state index contributed by atoms with van der Waals surface area (Å²) < 4.78 is 8.13. The average Bonchev–Trinajstić information content (AvgIpc) is 2.51. The van der Waals surface area contributed by atoms with Crippen LogP contribution < -0.4 is 0 Å². The van der Waals surface area contributed by atoms with Crippen molar-refractivity contribution in [3.8, 4) is 0 Å². The minimum Gasteiger partial charge on any atom is -0.359 e. The number of rotatable bonds is 7. The van der Waals surface area contributed by atoms with Crippen molar-refractivity contribution in [2.24, 2.45) is 0 Å². The fourth-order valence-electron chi connectivity index (χ4n) is 1.33. The van der Waals surface area contributed by atoms with Gasteiger partial charge in [-0.05, 0) is 36.1 Å². The number of hydrogen-bond donors (Lipinski definition) is 0. The highest BCUT2D eigenvalue weighted by atomic mass is 79.9. The van der Waals surface area contributed by atoms with Gasteiger partial charge < -0.3 is 9.64 Å². The zero-order valence-corrected chi connectivity index (χ0v) is 14.5. The molecule has 0 amide bonds. The minimum atomic E-state index is -1.01. The average molecular weight is 335 g/mol. The third-order valence-corrected chi connectivity index (χ3v) is 4.63. The van der Waals surface area contributed by atoms with Gasteiger partial charge in [-0.25, -0.2) is 9.67 Å². The fourth-order valence-corrected chi connectivity index (χ4v) is 2.47. The zero-order chi connectivity index (χ0) is 13.8. The van der Waals surface area contributed by atoms with E-state index in [1.807, 2.05) is 19.0 Å². The standard InChI is InChI=1S/C11H23BrN4OSi/c1-15(2)8-10-13-11(12)16(14-10)9-17-6-7-18(3,4)5/h6-9H2,1-5H3. The van der Waals surface area contributed by atoms with Gasteiger partial charge in [0.25, 0.3) is 0 Å². The van der Waals surface area contributed by atoms with Crippen molar-refractivity contribution >= 4 is 24.0 Å². The van der Waals surface area contributed by atoms with E-state index in [9.17, 15) is 0 Å². The highest BCUT2D eigenvalue weighted by Crippen LogP contribution is 2.10. The predicted molar refractivity (Wildman–Crippen MR) is 79.2 cm³/mol. The highest BCUT2D eigenvalue weighted by Gasteiger charge is 2.13. The van der Waals surface area contributed by atoms with Crippen LogP contribution in [0.5, 0.6) is 0 Å². The summed E-state index contributed by atoms with van der Waals surface area (Å²) >= 11 is 3.40. The lowest BCUT2D eigenvalue weighted by atomic mass is 10.6. The summed E-state index contributed by atoms with van der Waals surface area (Å²) in [5.74, 6) is 0.806. The molecule has 0 bridgehead atoms. The summed E-state index contributed by atoms with van der Waals surface area (Å²) in [6.45, 7) is 9.03. The van der Waals surface area contributed by atoms with Crippen LogP contribution in [0.1, 0.15) is 5.82 Å². The monoisotopic (exact) mass is 334 g/mol. The molecule has 104 valence electrons. The fraction of sp³-hybridized carbons (Fsp3) is 0.818. The van der Waals surface area contributed by atoms with Gasteiger partial charge in [0, 0.05) is 14.7 Å². The molecular formula is C11H23BrN4OSi. The molecule has 1 aromatic heterocycles. The first-order valence-electron chi connectivity index (χ1n) is 6.09. The number of hydrogen-bond acceptors (Lipinski definition) is 4. The third kappa shape index (κ3) is 6.08. The summed E-state index contributed by atoms with van der Waals surface area (Å²) in [5.41, 5.74) is 0. The van der Waals surface area contributed by atoms with E-state index in [-0.39, 0.29) is 0 Å². The molecule has 1 rings (SSSR count). The van der Waals surface area contributed by atoms with E-state index >= 15 is 0 Å². The molecule has 7 heteroatoms. The van der Waals surface area contributed by atoms with Gasteiger partial charge in [0.05, 0.1) is 6.54 Å². The summed E-state index contributed by atoms with van der Waals surface area (Å²) in [6, 6.07) is 1.17. The Morgan fingerprint density at radius 2 is 2.00 bits per heavy atom. The SMILES string of the molecule is CN(C)Cc1nc(Br)n(COCC[Si](C)(C)C)n1. The van der Waals surface area contributed by atoms with E-state index in [0.717, 1.165) is 23.7 Å². The van der Waals surface area contributed by atoms with E-state index in [0.29, 0.717) is 6.73 Å². The molecule has 18 heavy (non-hydrogen) atoms. The Kier molecular flexibility index (Phi) is 5.96. The molecule has 5 nitrogen and oxygen atoms in total. The number of ether oxygens (including phenoxy) is 1. The van der Waals surface area contributed by atoms with Crippen molar-refractivity contribution in [1.82, 2.24) is 19.7 Å². The summed E-state index contributed by atoms with van der Waals surface area (Å²) in [4.78, 5) is 6.37. The van der Waals surface area contributed by atoms with Crippen molar-refractivity contribution in [1.29, 1.82) is 0 Å². The van der Waals surface area contributed by atoms with Crippen LogP contribution in [-0.2, 0) is 18.0 Å². The molecule has 1 aromatic rings. The Labute approximate surface area is 119 Å². The van der Waals surface area contributed by atoms with E-state index < -0.39 is 8.07 Å². The van der Waals surface area contributed by atoms with Crippen LogP contribution in [0.2, 0.25) is 25.7 Å². The third-order valence-electron chi connectivity index (χ3n) is 2.34. The van der Waals surface area contributed by atoms with Gasteiger partial charge >= 0.3 is 0 Å². The lowest BCUT2D eigenvalue weighted by Gasteiger charge is -2.15. The molecule has 0 aromatic carbocycles. The Morgan fingerprint density at radius 3 is 2.56 bits per heavy atom. The van der Waals surface area contributed by atoms with Crippen molar-refractivity contribution in [2.75, 3.05) is 20.7 Å². The Balaban J connectivity index is 2.40. The van der Waals surface area contributed by atoms with Gasteiger partial charge in [-0.15, -0.1) is 0 Å². The van der Waals surface area contributed by atoms with Crippen LogP contribution in [0.25, 0.3) is 0 Å². The van der Waals surface area contributed by atoms with Crippen LogP contribution in [-0.4, -0.2) is 48.4 Å². The Bertz CT molecular complexity index is 376. The van der Waals surface area contributed by atoms with E-state index in [1.54, 1.807) is 4.68 Å². The predicted octanol–water partition coefficient (Wildman–Crippen LogP) is 2.41. The van der Waals surface area contributed by atoms with Crippen LogP contribution >= 0.6 is 15.9 Å². The Morgan fingerprint density at radius 1 is 1.33 bits per heavy atom. The molecule has 0 aliphatic heterocycles. The normalized spacial score (nSPS) is 12.4. The molecule has 0 saturated heterocycles. The van der Waals surface area contributed by atoms with E-state index in [4.69, 9.17) is 4.74 Å². The zero-order valence-electron chi connectivity index (χ0n) is 11.9. The van der Waals surface area contributed by atoms with E-state index in [1.165, 1.54) is 6.04 Å². The number of aromatic nitrogens is 3. The molecule has 0 spiro atoms. The lowest BCUT2D eigenvalue weighted by Crippen LogP contribution is -2.22. The topological polar surface area (TPSA) is 43.2 Å². The largest absolute Gasteiger partial charge is 0.359 e. The van der Waals surface area contributed by atoms with Gasteiger partial charge in [0.2, 0.25) is 0 Å². The first kappa shape index (κ1) is 15.8. The molecule has 0 unspecified atom stereocenters. The molecular weight excluding hydrogens is 312 g/mol. The summed E-state index contributed by atoms with van der Waals surface area (Å²) in [7, 11) is 2.98. The maximum absolute atomic E-state index is 5.65. The quantitative estimate of drug-likeness (QED) is 0.567. The van der Waals surface area contributed by atoms with Crippen molar-refractivity contribution < 1.29 is 4.74 Å².